The minimum atomic E-state index is -0.756. The van der Waals surface area contributed by atoms with Crippen molar-refractivity contribution in [2.75, 3.05) is 0 Å². The second-order valence-electron chi connectivity index (χ2n) is 6.19. The Morgan fingerprint density at radius 3 is 2.67 bits per heavy atom. The van der Waals surface area contributed by atoms with Gasteiger partial charge in [-0.15, -0.1) is 0 Å². The standard InChI is InChI=1S/C21H16N4O5/c26-19-17(20(27)25(21(28)24-19)13-16-7-4-10-29-16)12-22-14-8-9-18(23-11-14)30-15-5-2-1-3-6-15/h1-12,27H,13H2,(H,24,26,28). The summed E-state index contributed by atoms with van der Waals surface area (Å²) in [5, 5.41) is 10.4. The van der Waals surface area contributed by atoms with Crippen LogP contribution in [-0.2, 0) is 6.54 Å². The van der Waals surface area contributed by atoms with E-state index in [1.807, 2.05) is 18.2 Å². The van der Waals surface area contributed by atoms with Gasteiger partial charge in [-0.3, -0.25) is 19.3 Å². The lowest BCUT2D eigenvalue weighted by atomic mass is 10.3. The van der Waals surface area contributed by atoms with Gasteiger partial charge in [0.05, 0.1) is 24.7 Å². The molecular weight excluding hydrogens is 388 g/mol. The zero-order chi connectivity index (χ0) is 20.9. The summed E-state index contributed by atoms with van der Waals surface area (Å²) in [6.45, 7) is -0.0393. The number of ether oxygens (including phenoxy) is 1. The number of pyridine rings is 1. The Balaban J connectivity index is 1.56. The van der Waals surface area contributed by atoms with Crippen LogP contribution in [0.3, 0.4) is 0 Å². The van der Waals surface area contributed by atoms with Gasteiger partial charge in [-0.1, -0.05) is 18.2 Å². The van der Waals surface area contributed by atoms with Crippen molar-refractivity contribution < 1.29 is 14.3 Å². The molecule has 0 unspecified atom stereocenters. The van der Waals surface area contributed by atoms with E-state index in [2.05, 4.69) is 15.0 Å². The number of aromatic nitrogens is 3. The van der Waals surface area contributed by atoms with E-state index in [1.165, 1.54) is 18.7 Å². The summed E-state index contributed by atoms with van der Waals surface area (Å²) < 4.78 is 11.8. The molecule has 0 saturated carbocycles. The largest absolute Gasteiger partial charge is 0.494 e. The van der Waals surface area contributed by atoms with Crippen molar-refractivity contribution in [3.8, 4) is 17.5 Å². The zero-order valence-corrected chi connectivity index (χ0v) is 15.6. The van der Waals surface area contributed by atoms with Crippen LogP contribution >= 0.6 is 0 Å². The van der Waals surface area contributed by atoms with Crippen LogP contribution in [0.2, 0.25) is 0 Å². The maximum atomic E-state index is 12.1. The summed E-state index contributed by atoms with van der Waals surface area (Å²) in [4.78, 5) is 34.6. The highest BCUT2D eigenvalue weighted by molar-refractivity contribution is 5.83. The lowest BCUT2D eigenvalue weighted by Gasteiger charge is -2.08. The fraction of sp³-hybridized carbons (Fsp3) is 0.0476. The van der Waals surface area contributed by atoms with E-state index < -0.39 is 17.1 Å². The fourth-order valence-electron chi connectivity index (χ4n) is 2.65. The highest BCUT2D eigenvalue weighted by Gasteiger charge is 2.14. The molecule has 0 aliphatic heterocycles. The van der Waals surface area contributed by atoms with Crippen LogP contribution in [0.5, 0.6) is 17.5 Å². The number of hydrogen-bond acceptors (Lipinski definition) is 7. The molecule has 150 valence electrons. The highest BCUT2D eigenvalue weighted by atomic mass is 16.5. The van der Waals surface area contributed by atoms with Crippen LogP contribution in [0, 0.1) is 0 Å². The number of para-hydroxylation sites is 1. The molecule has 0 bridgehead atoms. The molecule has 9 nitrogen and oxygen atoms in total. The van der Waals surface area contributed by atoms with Gasteiger partial charge >= 0.3 is 5.69 Å². The van der Waals surface area contributed by atoms with Gasteiger partial charge < -0.3 is 14.3 Å². The molecule has 0 fully saturated rings. The Labute approximate surface area is 169 Å². The Bertz CT molecular complexity index is 1270. The van der Waals surface area contributed by atoms with Gasteiger partial charge in [-0.2, -0.15) is 0 Å². The van der Waals surface area contributed by atoms with E-state index in [0.29, 0.717) is 23.1 Å². The summed E-state index contributed by atoms with van der Waals surface area (Å²) in [5.74, 6) is 0.964. The Hall–Kier alpha value is -4.40. The van der Waals surface area contributed by atoms with Crippen molar-refractivity contribution in [3.05, 3.63) is 99.2 Å². The molecule has 3 aromatic heterocycles. The third-order valence-corrected chi connectivity index (χ3v) is 4.13. The Morgan fingerprint density at radius 2 is 1.97 bits per heavy atom. The molecule has 0 spiro atoms. The first-order chi connectivity index (χ1) is 14.6. The minimum absolute atomic E-state index is 0.0393. The molecule has 4 aromatic rings. The van der Waals surface area contributed by atoms with Gasteiger partial charge in [0, 0.05) is 12.3 Å². The highest BCUT2D eigenvalue weighted by Crippen LogP contribution is 2.21. The lowest BCUT2D eigenvalue weighted by Crippen LogP contribution is -2.32. The van der Waals surface area contributed by atoms with Crippen LogP contribution in [-0.4, -0.2) is 25.9 Å². The second-order valence-corrected chi connectivity index (χ2v) is 6.19. The molecule has 0 amide bonds. The maximum Gasteiger partial charge on any atom is 0.331 e. The first kappa shape index (κ1) is 18.9. The summed E-state index contributed by atoms with van der Waals surface area (Å²) in [6.07, 6.45) is 4.07. The van der Waals surface area contributed by atoms with E-state index in [4.69, 9.17) is 9.15 Å². The minimum Gasteiger partial charge on any atom is -0.494 e. The van der Waals surface area contributed by atoms with Gasteiger partial charge in [0.25, 0.3) is 5.56 Å². The number of nitrogens with zero attached hydrogens (tertiary/aromatic N) is 3. The number of aromatic amines is 1. The molecule has 30 heavy (non-hydrogen) atoms. The first-order valence-electron chi connectivity index (χ1n) is 8.91. The molecule has 0 atom stereocenters. The Morgan fingerprint density at radius 1 is 1.13 bits per heavy atom. The van der Waals surface area contributed by atoms with Crippen LogP contribution in [0.25, 0.3) is 0 Å². The molecule has 0 radical (unpaired) electrons. The summed E-state index contributed by atoms with van der Waals surface area (Å²) in [7, 11) is 0. The average molecular weight is 404 g/mol. The van der Waals surface area contributed by atoms with Crippen molar-refractivity contribution in [1.82, 2.24) is 14.5 Å². The van der Waals surface area contributed by atoms with E-state index in [9.17, 15) is 14.7 Å². The van der Waals surface area contributed by atoms with Gasteiger partial charge in [-0.05, 0) is 30.3 Å². The molecule has 4 rings (SSSR count). The number of benzene rings is 1. The van der Waals surface area contributed by atoms with Crippen LogP contribution in [0.4, 0.5) is 5.69 Å². The van der Waals surface area contributed by atoms with Crippen molar-refractivity contribution in [3.63, 3.8) is 0 Å². The molecular formula is C21H16N4O5. The third-order valence-electron chi connectivity index (χ3n) is 4.13. The molecule has 0 saturated heterocycles. The normalized spacial score (nSPS) is 11.1. The first-order valence-corrected chi connectivity index (χ1v) is 8.91. The maximum absolute atomic E-state index is 12.1. The van der Waals surface area contributed by atoms with Crippen LogP contribution < -0.4 is 16.0 Å². The summed E-state index contributed by atoms with van der Waals surface area (Å²) in [5.41, 5.74) is -1.24. The van der Waals surface area contributed by atoms with Crippen LogP contribution in [0.1, 0.15) is 11.3 Å². The van der Waals surface area contributed by atoms with Crippen LogP contribution in [0.15, 0.2) is 86.1 Å². The number of furan rings is 1. The lowest BCUT2D eigenvalue weighted by molar-refractivity contribution is 0.392. The SMILES string of the molecule is O=c1[nH]c(=O)n(Cc2ccco2)c(O)c1C=Nc1ccc(Oc2ccccc2)nc1. The topological polar surface area (TPSA) is 123 Å². The van der Waals surface area contributed by atoms with Crippen molar-refractivity contribution in [2.45, 2.75) is 6.54 Å². The molecule has 2 N–H and O–H groups in total. The van der Waals surface area contributed by atoms with Gasteiger partial charge in [0.2, 0.25) is 11.8 Å². The average Bonchev–Trinajstić information content (AvgIpc) is 3.26. The van der Waals surface area contributed by atoms with Crippen molar-refractivity contribution in [2.24, 2.45) is 4.99 Å². The monoisotopic (exact) mass is 404 g/mol. The quantitative estimate of drug-likeness (QED) is 0.477. The Kier molecular flexibility index (Phi) is 5.25. The smallest absolute Gasteiger partial charge is 0.331 e. The van der Waals surface area contributed by atoms with E-state index >= 15 is 0 Å². The predicted molar refractivity (Wildman–Crippen MR) is 109 cm³/mol. The van der Waals surface area contributed by atoms with Gasteiger partial charge in [0.15, 0.2) is 0 Å². The van der Waals surface area contributed by atoms with Crippen molar-refractivity contribution >= 4 is 11.9 Å². The zero-order valence-electron chi connectivity index (χ0n) is 15.6. The van der Waals surface area contributed by atoms with E-state index in [-0.39, 0.29) is 12.1 Å². The van der Waals surface area contributed by atoms with E-state index in [0.717, 1.165) is 4.57 Å². The number of aromatic hydroxyl groups is 1. The number of hydrogen-bond donors (Lipinski definition) is 2. The summed E-state index contributed by atoms with van der Waals surface area (Å²) in [6, 6.07) is 15.8. The molecule has 0 aliphatic carbocycles. The molecule has 3 heterocycles. The number of rotatable bonds is 6. The number of aliphatic imine (C=N–C) groups is 1. The van der Waals surface area contributed by atoms with Gasteiger partial charge in [-0.25, -0.2) is 9.78 Å². The number of nitrogens with one attached hydrogen (secondary N) is 1. The molecule has 0 aliphatic rings. The van der Waals surface area contributed by atoms with E-state index in [1.54, 1.807) is 36.4 Å². The summed E-state index contributed by atoms with van der Waals surface area (Å²) >= 11 is 0. The predicted octanol–water partition coefficient (Wildman–Crippen LogP) is 2.82. The molecule has 9 heteroatoms. The van der Waals surface area contributed by atoms with Gasteiger partial charge in [0.1, 0.15) is 17.1 Å². The fourth-order valence-corrected chi connectivity index (χ4v) is 2.65. The molecule has 1 aromatic carbocycles. The third kappa shape index (κ3) is 4.20. The second kappa shape index (κ2) is 8.31. The number of H-pyrrole nitrogens is 1. The van der Waals surface area contributed by atoms with Crippen molar-refractivity contribution in [1.29, 1.82) is 0 Å².